The van der Waals surface area contributed by atoms with Crippen LogP contribution in [-0.2, 0) is 9.53 Å². The normalized spacial score (nSPS) is 32.7. The smallest absolute Gasteiger partial charge is 0.240 e. The fourth-order valence-corrected chi connectivity index (χ4v) is 3.52. The van der Waals surface area contributed by atoms with Gasteiger partial charge in [-0.2, -0.15) is 0 Å². The predicted molar refractivity (Wildman–Crippen MR) is 73.9 cm³/mol. The summed E-state index contributed by atoms with van der Waals surface area (Å²) < 4.78 is 5.34. The Hall–Kier alpha value is -0.870. The van der Waals surface area contributed by atoms with E-state index < -0.39 is 0 Å². The van der Waals surface area contributed by atoms with Crippen LogP contribution < -0.4 is 0 Å². The van der Waals surface area contributed by atoms with Gasteiger partial charge in [-0.05, 0) is 38.6 Å². The van der Waals surface area contributed by atoms with E-state index in [0.29, 0.717) is 25.2 Å². The van der Waals surface area contributed by atoms with Crippen LogP contribution in [0.25, 0.3) is 0 Å². The largest absolute Gasteiger partial charge is 0.378 e. The van der Waals surface area contributed by atoms with Gasteiger partial charge in [0.2, 0.25) is 5.91 Å². The molecular formula is C15H24N2O2. The number of allylic oxidation sites excluding steroid dienone is 1. The Morgan fingerprint density at radius 1 is 1.11 bits per heavy atom. The highest BCUT2D eigenvalue weighted by molar-refractivity contribution is 5.82. The Bertz CT molecular complexity index is 350. The van der Waals surface area contributed by atoms with Crippen molar-refractivity contribution >= 4 is 5.91 Å². The van der Waals surface area contributed by atoms with E-state index in [4.69, 9.17) is 4.74 Å². The van der Waals surface area contributed by atoms with Crippen molar-refractivity contribution in [3.05, 3.63) is 12.2 Å². The second kappa shape index (κ2) is 6.06. The summed E-state index contributed by atoms with van der Waals surface area (Å²) in [4.78, 5) is 17.1. The third-order valence-corrected chi connectivity index (χ3v) is 4.56. The van der Waals surface area contributed by atoms with Crippen LogP contribution in [0.3, 0.4) is 0 Å². The Labute approximate surface area is 115 Å². The van der Waals surface area contributed by atoms with Crippen LogP contribution >= 0.6 is 0 Å². The summed E-state index contributed by atoms with van der Waals surface area (Å²) in [5, 5.41) is 0. The Morgan fingerprint density at radius 2 is 1.95 bits per heavy atom. The molecule has 0 bridgehead atoms. The summed E-state index contributed by atoms with van der Waals surface area (Å²) in [5.74, 6) is 0.333. The van der Waals surface area contributed by atoms with Crippen LogP contribution in [0, 0.1) is 0 Å². The molecule has 19 heavy (non-hydrogen) atoms. The van der Waals surface area contributed by atoms with Gasteiger partial charge in [-0.25, -0.2) is 0 Å². The molecule has 0 spiro atoms. The highest BCUT2D eigenvalue weighted by Gasteiger charge is 2.37. The van der Waals surface area contributed by atoms with E-state index >= 15 is 0 Å². The minimum absolute atomic E-state index is 0.117. The number of amides is 1. The number of hydrogen-bond donors (Lipinski definition) is 0. The molecule has 2 aliphatic heterocycles. The molecule has 1 amide bonds. The van der Waals surface area contributed by atoms with Crippen LogP contribution in [0.1, 0.15) is 32.1 Å². The minimum Gasteiger partial charge on any atom is -0.378 e. The average molecular weight is 264 g/mol. The summed E-state index contributed by atoms with van der Waals surface area (Å²) in [5.41, 5.74) is 0. The van der Waals surface area contributed by atoms with Gasteiger partial charge >= 0.3 is 0 Å². The molecule has 2 saturated heterocycles. The first-order chi connectivity index (χ1) is 9.36. The molecule has 0 aromatic carbocycles. The maximum Gasteiger partial charge on any atom is 0.240 e. The molecule has 0 unspecified atom stereocenters. The highest BCUT2D eigenvalue weighted by Crippen LogP contribution is 2.27. The molecule has 1 aliphatic carbocycles. The number of likely N-dealkylation sites (tertiary alicyclic amines) is 1. The lowest BCUT2D eigenvalue weighted by atomic mass is 10.0. The zero-order valence-corrected chi connectivity index (χ0v) is 11.6. The van der Waals surface area contributed by atoms with Gasteiger partial charge in [-0.15, -0.1) is 0 Å². The van der Waals surface area contributed by atoms with Crippen LogP contribution in [0.5, 0.6) is 0 Å². The number of carbonyl (C=O) groups is 1. The van der Waals surface area contributed by atoms with Crippen LogP contribution in [0.15, 0.2) is 12.2 Å². The van der Waals surface area contributed by atoms with E-state index in [1.165, 1.54) is 19.3 Å². The van der Waals surface area contributed by atoms with Crippen molar-refractivity contribution in [1.29, 1.82) is 0 Å². The first-order valence-corrected chi connectivity index (χ1v) is 7.65. The molecule has 0 saturated carbocycles. The lowest BCUT2D eigenvalue weighted by Gasteiger charge is -2.36. The number of ether oxygens (including phenoxy) is 1. The predicted octanol–water partition coefficient (Wildman–Crippen LogP) is 1.42. The molecular weight excluding hydrogens is 240 g/mol. The molecule has 0 aromatic heterocycles. The lowest BCUT2D eigenvalue weighted by molar-refractivity contribution is -0.140. The van der Waals surface area contributed by atoms with Gasteiger partial charge in [0.15, 0.2) is 0 Å². The van der Waals surface area contributed by atoms with Crippen LogP contribution in [0.2, 0.25) is 0 Å². The fourth-order valence-electron chi connectivity index (χ4n) is 3.52. The first kappa shape index (κ1) is 13.1. The Balaban J connectivity index is 1.66. The number of rotatable bonds is 2. The van der Waals surface area contributed by atoms with E-state index in [2.05, 4.69) is 17.1 Å². The fraction of sp³-hybridized carbons (Fsp3) is 0.800. The summed E-state index contributed by atoms with van der Waals surface area (Å²) in [6, 6.07) is 0.608. The van der Waals surface area contributed by atoms with E-state index in [0.717, 1.165) is 32.5 Å². The summed E-state index contributed by atoms with van der Waals surface area (Å²) in [7, 11) is 0. The SMILES string of the molecule is O=C([C@H]1CCCN1[C@H]1C=CCCC1)N1CCOCC1. The average Bonchev–Trinajstić information content (AvgIpc) is 2.98. The van der Waals surface area contributed by atoms with Gasteiger partial charge in [0.05, 0.1) is 19.3 Å². The van der Waals surface area contributed by atoms with Gasteiger partial charge in [0.25, 0.3) is 0 Å². The molecule has 2 heterocycles. The molecule has 3 rings (SSSR count). The topological polar surface area (TPSA) is 32.8 Å². The van der Waals surface area contributed by atoms with Gasteiger partial charge in [-0.1, -0.05) is 12.2 Å². The van der Waals surface area contributed by atoms with Crippen LogP contribution in [0.4, 0.5) is 0 Å². The van der Waals surface area contributed by atoms with Crippen molar-refractivity contribution in [3.63, 3.8) is 0 Å². The molecule has 4 heteroatoms. The second-order valence-electron chi connectivity index (χ2n) is 5.76. The quantitative estimate of drug-likeness (QED) is 0.707. The maximum atomic E-state index is 12.7. The van der Waals surface area contributed by atoms with Crippen LogP contribution in [-0.4, -0.2) is 60.6 Å². The molecule has 106 valence electrons. The highest BCUT2D eigenvalue weighted by atomic mass is 16.5. The lowest BCUT2D eigenvalue weighted by Crippen LogP contribution is -2.51. The molecule has 4 nitrogen and oxygen atoms in total. The molecule has 2 fully saturated rings. The number of nitrogens with zero attached hydrogens (tertiary/aromatic N) is 2. The van der Waals surface area contributed by atoms with E-state index in [1.54, 1.807) is 0 Å². The second-order valence-corrected chi connectivity index (χ2v) is 5.76. The van der Waals surface area contributed by atoms with Gasteiger partial charge in [-0.3, -0.25) is 9.69 Å². The standard InChI is InChI=1S/C15H24N2O2/c18-15(16-9-11-19-12-10-16)14-7-4-8-17(14)13-5-2-1-3-6-13/h2,5,13-14H,1,3-4,6-12H2/t13-,14+/m0/s1. The van der Waals surface area contributed by atoms with E-state index in [1.807, 2.05) is 4.90 Å². The first-order valence-electron chi connectivity index (χ1n) is 7.65. The number of hydrogen-bond acceptors (Lipinski definition) is 3. The van der Waals surface area contributed by atoms with Crippen molar-refractivity contribution in [2.75, 3.05) is 32.8 Å². The maximum absolute atomic E-state index is 12.7. The van der Waals surface area contributed by atoms with E-state index in [-0.39, 0.29) is 6.04 Å². The van der Waals surface area contributed by atoms with Gasteiger partial charge < -0.3 is 9.64 Å². The zero-order chi connectivity index (χ0) is 13.1. The third kappa shape index (κ3) is 2.84. The summed E-state index contributed by atoms with van der Waals surface area (Å²) >= 11 is 0. The monoisotopic (exact) mass is 264 g/mol. The van der Waals surface area contributed by atoms with Crippen molar-refractivity contribution < 1.29 is 9.53 Å². The molecule has 0 radical (unpaired) electrons. The van der Waals surface area contributed by atoms with Crippen molar-refractivity contribution in [3.8, 4) is 0 Å². The Kier molecular flexibility index (Phi) is 4.18. The van der Waals surface area contributed by atoms with Crippen molar-refractivity contribution in [2.45, 2.75) is 44.2 Å². The molecule has 0 N–H and O–H groups in total. The van der Waals surface area contributed by atoms with Gasteiger partial charge in [0, 0.05) is 19.1 Å². The number of carbonyl (C=O) groups excluding carboxylic acids is 1. The van der Waals surface area contributed by atoms with Gasteiger partial charge in [0.1, 0.15) is 0 Å². The van der Waals surface area contributed by atoms with Crippen molar-refractivity contribution in [2.24, 2.45) is 0 Å². The Morgan fingerprint density at radius 3 is 2.68 bits per heavy atom. The van der Waals surface area contributed by atoms with Crippen molar-refractivity contribution in [1.82, 2.24) is 9.80 Å². The minimum atomic E-state index is 0.117. The third-order valence-electron chi connectivity index (χ3n) is 4.56. The molecule has 0 aromatic rings. The summed E-state index contributed by atoms with van der Waals surface area (Å²) in [6.07, 6.45) is 10.5. The van der Waals surface area contributed by atoms with E-state index in [9.17, 15) is 4.79 Å². The molecule has 3 aliphatic rings. The zero-order valence-electron chi connectivity index (χ0n) is 11.6. The summed E-state index contributed by atoms with van der Waals surface area (Å²) in [6.45, 7) is 4.01. The molecule has 2 atom stereocenters. The number of morpholine rings is 1.